The van der Waals surface area contributed by atoms with Gasteiger partial charge in [-0.15, -0.1) is 0 Å². The molecule has 1 aliphatic carbocycles. The third kappa shape index (κ3) is 4.54. The summed E-state index contributed by atoms with van der Waals surface area (Å²) in [6, 6.07) is 0. The van der Waals surface area contributed by atoms with Gasteiger partial charge in [-0.1, -0.05) is 5.57 Å². The second-order valence-corrected chi connectivity index (χ2v) is 6.17. The molecule has 2 rings (SSSR count). The van der Waals surface area contributed by atoms with Crippen LogP contribution in [0.3, 0.4) is 0 Å². The Labute approximate surface area is 134 Å². The normalized spacial score (nSPS) is 27.2. The van der Waals surface area contributed by atoms with E-state index in [9.17, 15) is 19.5 Å². The maximum Gasteiger partial charge on any atom is 0.334 e. The summed E-state index contributed by atoms with van der Waals surface area (Å²) in [6.45, 7) is 1.98. The number of carbonyl (C=O) groups is 3. The summed E-state index contributed by atoms with van der Waals surface area (Å²) < 4.78 is 5.42. The Hall–Kier alpha value is -1.89. The van der Waals surface area contributed by atoms with E-state index in [0.717, 1.165) is 12.0 Å². The molecule has 0 aromatic heterocycles. The largest absolute Gasteiger partial charge is 0.481 e. The van der Waals surface area contributed by atoms with Crippen LogP contribution in [0.15, 0.2) is 11.1 Å². The average Bonchev–Trinajstić information content (AvgIpc) is 2.46. The summed E-state index contributed by atoms with van der Waals surface area (Å²) in [7, 11) is 0. The van der Waals surface area contributed by atoms with E-state index in [1.165, 1.54) is 0 Å². The Balaban J connectivity index is 1.91. The predicted octanol–water partition coefficient (Wildman–Crippen LogP) is 0.760. The van der Waals surface area contributed by atoms with Gasteiger partial charge in [0.2, 0.25) is 5.91 Å². The molecular formula is C16H23NO6. The molecular weight excluding hydrogens is 302 g/mol. The van der Waals surface area contributed by atoms with Crippen molar-refractivity contribution in [3.63, 3.8) is 0 Å². The molecule has 3 N–H and O–H groups in total. The van der Waals surface area contributed by atoms with Crippen molar-refractivity contribution in [3.05, 3.63) is 11.1 Å². The highest BCUT2D eigenvalue weighted by molar-refractivity contribution is 5.91. The summed E-state index contributed by atoms with van der Waals surface area (Å²) in [5.74, 6) is -1.52. The lowest BCUT2D eigenvalue weighted by Crippen LogP contribution is -2.40. The van der Waals surface area contributed by atoms with Gasteiger partial charge in [-0.2, -0.15) is 0 Å². The number of carboxylic acid groups (broad SMARTS) is 1. The van der Waals surface area contributed by atoms with E-state index in [1.54, 1.807) is 0 Å². The van der Waals surface area contributed by atoms with E-state index in [2.05, 4.69) is 5.32 Å². The number of esters is 1. The van der Waals surface area contributed by atoms with Gasteiger partial charge >= 0.3 is 11.9 Å². The maximum absolute atomic E-state index is 12.1. The standard InChI is InChI=1S/C16H23NO6/c1-9-11-3-2-10(18)8-13(11)23-16(22)12(9)4-5-14(19)17-7-6-15(20)21/h10-11,13,18H,2-8H2,1H3,(H,17,19)(H,20,21). The van der Waals surface area contributed by atoms with Gasteiger partial charge in [-0.05, 0) is 26.2 Å². The highest BCUT2D eigenvalue weighted by Crippen LogP contribution is 2.38. The van der Waals surface area contributed by atoms with Gasteiger partial charge in [0.1, 0.15) is 6.10 Å². The monoisotopic (exact) mass is 325 g/mol. The fourth-order valence-electron chi connectivity index (χ4n) is 3.26. The molecule has 1 amide bonds. The van der Waals surface area contributed by atoms with Crippen molar-refractivity contribution in [2.75, 3.05) is 6.54 Å². The average molecular weight is 325 g/mol. The van der Waals surface area contributed by atoms with Gasteiger partial charge in [0.05, 0.1) is 12.5 Å². The van der Waals surface area contributed by atoms with Gasteiger partial charge < -0.3 is 20.3 Å². The second-order valence-electron chi connectivity index (χ2n) is 6.17. The number of aliphatic hydroxyl groups is 1. The molecule has 128 valence electrons. The third-order valence-electron chi connectivity index (χ3n) is 4.56. The molecule has 1 fully saturated rings. The lowest BCUT2D eigenvalue weighted by atomic mass is 9.77. The zero-order chi connectivity index (χ0) is 17.0. The first-order valence-electron chi connectivity index (χ1n) is 7.95. The fourth-order valence-corrected chi connectivity index (χ4v) is 3.26. The Morgan fingerprint density at radius 1 is 1.30 bits per heavy atom. The van der Waals surface area contributed by atoms with Gasteiger partial charge in [-0.25, -0.2) is 4.79 Å². The van der Waals surface area contributed by atoms with Crippen LogP contribution in [0.2, 0.25) is 0 Å². The molecule has 0 aromatic carbocycles. The molecule has 3 unspecified atom stereocenters. The number of hydrogen-bond donors (Lipinski definition) is 3. The molecule has 0 spiro atoms. The molecule has 1 aliphatic heterocycles. The van der Waals surface area contributed by atoms with Crippen LogP contribution < -0.4 is 5.32 Å². The molecule has 1 saturated carbocycles. The summed E-state index contributed by atoms with van der Waals surface area (Å²) >= 11 is 0. The lowest BCUT2D eigenvalue weighted by Gasteiger charge is -2.38. The summed E-state index contributed by atoms with van der Waals surface area (Å²) in [5, 5.41) is 20.7. The zero-order valence-electron chi connectivity index (χ0n) is 13.2. The van der Waals surface area contributed by atoms with E-state index in [-0.39, 0.29) is 43.7 Å². The quantitative estimate of drug-likeness (QED) is 0.621. The number of nitrogens with one attached hydrogen (secondary N) is 1. The first-order chi connectivity index (χ1) is 10.9. The van der Waals surface area contributed by atoms with Crippen molar-refractivity contribution < 1.29 is 29.3 Å². The predicted molar refractivity (Wildman–Crippen MR) is 80.4 cm³/mol. The maximum atomic E-state index is 12.1. The molecule has 2 aliphatic rings. The van der Waals surface area contributed by atoms with Crippen LogP contribution >= 0.6 is 0 Å². The van der Waals surface area contributed by atoms with Crippen LogP contribution in [0.1, 0.15) is 45.4 Å². The number of carboxylic acids is 1. The molecule has 1 heterocycles. The molecule has 0 aromatic rings. The van der Waals surface area contributed by atoms with E-state index < -0.39 is 18.0 Å². The number of amides is 1. The zero-order valence-corrected chi connectivity index (χ0v) is 13.2. The van der Waals surface area contributed by atoms with Gasteiger partial charge in [0.25, 0.3) is 0 Å². The van der Waals surface area contributed by atoms with E-state index in [0.29, 0.717) is 18.4 Å². The minimum atomic E-state index is -0.967. The van der Waals surface area contributed by atoms with Gasteiger partial charge in [0, 0.05) is 30.9 Å². The fraction of sp³-hybridized carbons (Fsp3) is 0.688. The number of fused-ring (bicyclic) bond motifs is 1. The molecule has 7 nitrogen and oxygen atoms in total. The van der Waals surface area contributed by atoms with Crippen LogP contribution in [-0.2, 0) is 19.1 Å². The topological polar surface area (TPSA) is 113 Å². The van der Waals surface area contributed by atoms with Crippen molar-refractivity contribution in [1.82, 2.24) is 5.32 Å². The second kappa shape index (κ2) is 7.59. The first-order valence-corrected chi connectivity index (χ1v) is 7.95. The molecule has 3 atom stereocenters. The summed E-state index contributed by atoms with van der Waals surface area (Å²) in [6.07, 6.45) is 1.55. The van der Waals surface area contributed by atoms with Crippen molar-refractivity contribution >= 4 is 17.8 Å². The van der Waals surface area contributed by atoms with Crippen molar-refractivity contribution in [2.24, 2.45) is 5.92 Å². The molecule has 23 heavy (non-hydrogen) atoms. The lowest BCUT2D eigenvalue weighted by molar-refractivity contribution is -0.153. The van der Waals surface area contributed by atoms with Crippen LogP contribution in [0.4, 0.5) is 0 Å². The van der Waals surface area contributed by atoms with E-state index in [4.69, 9.17) is 9.84 Å². The number of rotatable bonds is 6. The Bertz CT molecular complexity index is 527. The minimum Gasteiger partial charge on any atom is -0.481 e. The number of hydrogen-bond acceptors (Lipinski definition) is 5. The number of aliphatic hydroxyl groups excluding tert-OH is 1. The van der Waals surface area contributed by atoms with Crippen LogP contribution in [0.5, 0.6) is 0 Å². The Morgan fingerprint density at radius 3 is 2.74 bits per heavy atom. The first kappa shape index (κ1) is 17.5. The van der Waals surface area contributed by atoms with E-state index in [1.807, 2.05) is 6.92 Å². The van der Waals surface area contributed by atoms with Crippen molar-refractivity contribution in [3.8, 4) is 0 Å². The Morgan fingerprint density at radius 2 is 2.04 bits per heavy atom. The van der Waals surface area contributed by atoms with Crippen molar-refractivity contribution in [2.45, 2.75) is 57.7 Å². The van der Waals surface area contributed by atoms with E-state index >= 15 is 0 Å². The van der Waals surface area contributed by atoms with Crippen LogP contribution in [0, 0.1) is 5.92 Å². The minimum absolute atomic E-state index is 0.0826. The van der Waals surface area contributed by atoms with Crippen molar-refractivity contribution in [1.29, 1.82) is 0 Å². The highest BCUT2D eigenvalue weighted by atomic mass is 16.5. The molecule has 7 heteroatoms. The number of carbonyl (C=O) groups excluding carboxylic acids is 2. The Kier molecular flexibility index (Phi) is 5.76. The van der Waals surface area contributed by atoms with Gasteiger partial charge in [-0.3, -0.25) is 9.59 Å². The third-order valence-corrected chi connectivity index (χ3v) is 4.56. The smallest absolute Gasteiger partial charge is 0.334 e. The molecule has 0 saturated heterocycles. The molecule has 0 radical (unpaired) electrons. The summed E-state index contributed by atoms with van der Waals surface area (Å²) in [5.41, 5.74) is 1.49. The SMILES string of the molecule is CC1=C(CCC(=O)NCCC(=O)O)C(=O)OC2CC(O)CCC12. The summed E-state index contributed by atoms with van der Waals surface area (Å²) in [4.78, 5) is 34.2. The molecule has 0 bridgehead atoms. The highest BCUT2D eigenvalue weighted by Gasteiger charge is 2.39. The number of aliphatic carboxylic acids is 1. The number of ether oxygens (including phenoxy) is 1. The van der Waals surface area contributed by atoms with Crippen LogP contribution in [-0.4, -0.2) is 46.8 Å². The van der Waals surface area contributed by atoms with Gasteiger partial charge in [0.15, 0.2) is 0 Å². The van der Waals surface area contributed by atoms with Crippen LogP contribution in [0.25, 0.3) is 0 Å².